The standard InChI is InChI=1S/C21H20N2O/c1-15(2)19-8-3-4-9-20(19)16-6-5-7-17(14-16)21(24)23-18-10-12-22-13-11-18/h3-15H,1-2H3,(H,22,23,24). The van der Waals surface area contributed by atoms with Gasteiger partial charge >= 0.3 is 0 Å². The van der Waals surface area contributed by atoms with Crippen LogP contribution in [0.5, 0.6) is 0 Å². The smallest absolute Gasteiger partial charge is 0.255 e. The van der Waals surface area contributed by atoms with Crippen molar-refractivity contribution < 1.29 is 4.79 Å². The van der Waals surface area contributed by atoms with Gasteiger partial charge in [0.05, 0.1) is 0 Å². The maximum Gasteiger partial charge on any atom is 0.255 e. The zero-order valence-electron chi connectivity index (χ0n) is 13.9. The predicted octanol–water partition coefficient (Wildman–Crippen LogP) is 5.12. The zero-order valence-corrected chi connectivity index (χ0v) is 13.9. The quantitative estimate of drug-likeness (QED) is 0.725. The summed E-state index contributed by atoms with van der Waals surface area (Å²) in [5.74, 6) is 0.306. The van der Waals surface area contributed by atoms with Crippen LogP contribution >= 0.6 is 0 Å². The average molecular weight is 316 g/mol. The van der Waals surface area contributed by atoms with Crippen LogP contribution in [-0.4, -0.2) is 10.9 Å². The molecule has 0 fully saturated rings. The fraction of sp³-hybridized carbons (Fsp3) is 0.143. The number of nitrogens with zero attached hydrogens (tertiary/aromatic N) is 1. The van der Waals surface area contributed by atoms with Crippen molar-refractivity contribution in [2.75, 3.05) is 5.32 Å². The van der Waals surface area contributed by atoms with Gasteiger partial charge in [0.2, 0.25) is 0 Å². The van der Waals surface area contributed by atoms with Crippen LogP contribution < -0.4 is 5.32 Å². The Morgan fingerprint density at radius 3 is 2.46 bits per heavy atom. The molecular formula is C21H20N2O. The molecule has 0 atom stereocenters. The Balaban J connectivity index is 1.91. The third kappa shape index (κ3) is 3.51. The lowest BCUT2D eigenvalue weighted by Crippen LogP contribution is -2.11. The van der Waals surface area contributed by atoms with E-state index < -0.39 is 0 Å². The third-order valence-electron chi connectivity index (χ3n) is 3.96. The van der Waals surface area contributed by atoms with E-state index in [-0.39, 0.29) is 5.91 Å². The molecule has 3 heteroatoms. The first-order valence-corrected chi connectivity index (χ1v) is 8.06. The predicted molar refractivity (Wildman–Crippen MR) is 98.2 cm³/mol. The Bertz CT molecular complexity index is 841. The number of hydrogen-bond donors (Lipinski definition) is 1. The molecule has 3 nitrogen and oxygen atoms in total. The maximum atomic E-state index is 12.5. The molecule has 120 valence electrons. The molecule has 2 aromatic carbocycles. The van der Waals surface area contributed by atoms with E-state index in [1.54, 1.807) is 24.5 Å². The molecule has 0 aliphatic carbocycles. The number of benzene rings is 2. The van der Waals surface area contributed by atoms with Crippen molar-refractivity contribution in [3.63, 3.8) is 0 Å². The number of hydrogen-bond acceptors (Lipinski definition) is 2. The van der Waals surface area contributed by atoms with Gasteiger partial charge < -0.3 is 5.32 Å². The van der Waals surface area contributed by atoms with E-state index in [0.29, 0.717) is 11.5 Å². The van der Waals surface area contributed by atoms with Gasteiger partial charge in [-0.15, -0.1) is 0 Å². The van der Waals surface area contributed by atoms with Gasteiger partial charge in [-0.1, -0.05) is 50.2 Å². The molecule has 1 aromatic heterocycles. The largest absolute Gasteiger partial charge is 0.322 e. The number of carbonyl (C=O) groups is 1. The van der Waals surface area contributed by atoms with E-state index in [1.807, 2.05) is 30.3 Å². The number of rotatable bonds is 4. The first-order chi connectivity index (χ1) is 11.6. The molecule has 0 saturated heterocycles. The first kappa shape index (κ1) is 15.9. The van der Waals surface area contributed by atoms with Gasteiger partial charge in [-0.25, -0.2) is 0 Å². The van der Waals surface area contributed by atoms with E-state index in [9.17, 15) is 4.79 Å². The molecule has 1 heterocycles. The van der Waals surface area contributed by atoms with E-state index >= 15 is 0 Å². The minimum absolute atomic E-state index is 0.120. The summed E-state index contributed by atoms with van der Waals surface area (Å²) in [6, 6.07) is 19.6. The summed E-state index contributed by atoms with van der Waals surface area (Å²) < 4.78 is 0. The molecule has 0 unspecified atom stereocenters. The Labute approximate surface area is 142 Å². The molecule has 3 rings (SSSR count). The van der Waals surface area contributed by atoms with Crippen molar-refractivity contribution in [3.8, 4) is 11.1 Å². The van der Waals surface area contributed by atoms with Crippen molar-refractivity contribution in [2.24, 2.45) is 0 Å². The van der Waals surface area contributed by atoms with Gasteiger partial charge in [-0.2, -0.15) is 0 Å². The molecule has 0 bridgehead atoms. The monoisotopic (exact) mass is 316 g/mol. The van der Waals surface area contributed by atoms with Crippen LogP contribution in [0.25, 0.3) is 11.1 Å². The molecule has 3 aromatic rings. The zero-order chi connectivity index (χ0) is 16.9. The second kappa shape index (κ2) is 7.09. The summed E-state index contributed by atoms with van der Waals surface area (Å²) in [7, 11) is 0. The lowest BCUT2D eigenvalue weighted by Gasteiger charge is -2.13. The van der Waals surface area contributed by atoms with E-state index in [1.165, 1.54) is 11.1 Å². The number of amides is 1. The number of nitrogens with one attached hydrogen (secondary N) is 1. The van der Waals surface area contributed by atoms with E-state index in [4.69, 9.17) is 0 Å². The third-order valence-corrected chi connectivity index (χ3v) is 3.96. The Kier molecular flexibility index (Phi) is 4.71. The number of anilines is 1. The molecule has 0 aliphatic rings. The van der Waals surface area contributed by atoms with E-state index in [0.717, 1.165) is 11.3 Å². The van der Waals surface area contributed by atoms with Gasteiger partial charge in [-0.3, -0.25) is 9.78 Å². The molecule has 0 saturated carbocycles. The van der Waals surface area contributed by atoms with Gasteiger partial charge in [0.1, 0.15) is 0 Å². The molecule has 24 heavy (non-hydrogen) atoms. The second-order valence-corrected chi connectivity index (χ2v) is 6.01. The van der Waals surface area contributed by atoms with Gasteiger partial charge in [0.15, 0.2) is 0 Å². The van der Waals surface area contributed by atoms with Crippen LogP contribution in [0.1, 0.15) is 35.7 Å². The minimum atomic E-state index is -0.120. The first-order valence-electron chi connectivity index (χ1n) is 8.06. The van der Waals surface area contributed by atoms with Crippen molar-refractivity contribution in [1.29, 1.82) is 0 Å². The lowest BCUT2D eigenvalue weighted by atomic mass is 9.92. The fourth-order valence-electron chi connectivity index (χ4n) is 2.73. The Morgan fingerprint density at radius 2 is 1.71 bits per heavy atom. The van der Waals surface area contributed by atoms with Crippen molar-refractivity contribution in [1.82, 2.24) is 4.98 Å². The van der Waals surface area contributed by atoms with Gasteiger partial charge in [-0.05, 0) is 46.9 Å². The SMILES string of the molecule is CC(C)c1ccccc1-c1cccc(C(=O)Nc2ccncc2)c1. The van der Waals surface area contributed by atoms with Crippen LogP contribution in [0.2, 0.25) is 0 Å². The summed E-state index contributed by atoms with van der Waals surface area (Å²) in [5.41, 5.74) is 4.89. The van der Waals surface area contributed by atoms with Crippen LogP contribution in [-0.2, 0) is 0 Å². The molecule has 1 amide bonds. The minimum Gasteiger partial charge on any atom is -0.322 e. The van der Waals surface area contributed by atoms with Crippen LogP contribution in [0.15, 0.2) is 73.1 Å². The second-order valence-electron chi connectivity index (χ2n) is 6.01. The normalized spacial score (nSPS) is 10.6. The summed E-state index contributed by atoms with van der Waals surface area (Å²) in [6.45, 7) is 4.36. The lowest BCUT2D eigenvalue weighted by molar-refractivity contribution is 0.102. The number of pyridine rings is 1. The van der Waals surface area contributed by atoms with Crippen molar-refractivity contribution >= 4 is 11.6 Å². The molecule has 1 N–H and O–H groups in total. The van der Waals surface area contributed by atoms with E-state index in [2.05, 4.69) is 42.3 Å². The summed E-state index contributed by atoms with van der Waals surface area (Å²) >= 11 is 0. The van der Waals surface area contributed by atoms with Gasteiger partial charge in [0, 0.05) is 23.6 Å². The van der Waals surface area contributed by atoms with Gasteiger partial charge in [0.25, 0.3) is 5.91 Å². The van der Waals surface area contributed by atoms with Crippen LogP contribution in [0.4, 0.5) is 5.69 Å². The maximum absolute atomic E-state index is 12.5. The summed E-state index contributed by atoms with van der Waals surface area (Å²) in [5, 5.41) is 2.90. The van der Waals surface area contributed by atoms with Crippen molar-refractivity contribution in [3.05, 3.63) is 84.2 Å². The van der Waals surface area contributed by atoms with Crippen LogP contribution in [0.3, 0.4) is 0 Å². The highest BCUT2D eigenvalue weighted by atomic mass is 16.1. The van der Waals surface area contributed by atoms with Crippen LogP contribution in [0, 0.1) is 0 Å². The highest BCUT2D eigenvalue weighted by molar-refractivity contribution is 6.04. The molecular weight excluding hydrogens is 296 g/mol. The highest BCUT2D eigenvalue weighted by Gasteiger charge is 2.11. The Morgan fingerprint density at radius 1 is 0.958 bits per heavy atom. The molecule has 0 aliphatic heterocycles. The number of aromatic nitrogens is 1. The summed E-state index contributed by atoms with van der Waals surface area (Å²) in [4.78, 5) is 16.4. The highest BCUT2D eigenvalue weighted by Crippen LogP contribution is 2.29. The number of carbonyl (C=O) groups excluding carboxylic acids is 1. The molecule has 0 spiro atoms. The average Bonchev–Trinajstić information content (AvgIpc) is 2.62. The topological polar surface area (TPSA) is 42.0 Å². The fourth-order valence-corrected chi connectivity index (χ4v) is 2.73. The Hall–Kier alpha value is -2.94. The van der Waals surface area contributed by atoms with Crippen molar-refractivity contribution in [2.45, 2.75) is 19.8 Å². The summed E-state index contributed by atoms with van der Waals surface area (Å²) in [6.07, 6.45) is 3.32. The molecule has 0 radical (unpaired) electrons.